The van der Waals surface area contributed by atoms with Crippen molar-refractivity contribution >= 4 is 45.6 Å². The van der Waals surface area contributed by atoms with E-state index in [2.05, 4.69) is 36.9 Å². The number of likely N-dealkylation sites (N-methyl/N-ethyl adjacent to an activating group) is 1. The van der Waals surface area contributed by atoms with Gasteiger partial charge in [0.05, 0.1) is 6.10 Å². The van der Waals surface area contributed by atoms with Crippen molar-refractivity contribution in [3.05, 3.63) is 59.1 Å². The molecule has 2 nitrogen and oxygen atoms in total. The number of benzene rings is 3. The Morgan fingerprint density at radius 2 is 1.62 bits per heavy atom. The van der Waals surface area contributed by atoms with Gasteiger partial charge in [0.2, 0.25) is 0 Å². The number of fused-ring (bicyclic) bond motifs is 3. The summed E-state index contributed by atoms with van der Waals surface area (Å²) in [4.78, 5) is 2.23. The van der Waals surface area contributed by atoms with Gasteiger partial charge in [0.25, 0.3) is 0 Å². The van der Waals surface area contributed by atoms with Crippen LogP contribution in [0.25, 0.3) is 21.5 Å². The van der Waals surface area contributed by atoms with Crippen LogP contribution in [0.3, 0.4) is 0 Å². The zero-order valence-corrected chi connectivity index (χ0v) is 15.6. The lowest BCUT2D eigenvalue weighted by Gasteiger charge is -2.22. The van der Waals surface area contributed by atoms with Gasteiger partial charge in [-0.1, -0.05) is 61.8 Å². The lowest BCUT2D eigenvalue weighted by molar-refractivity contribution is 0.119. The van der Waals surface area contributed by atoms with Gasteiger partial charge >= 0.3 is 0 Å². The second kappa shape index (κ2) is 8.17. The predicted octanol–water partition coefficient (Wildman–Crippen LogP) is 5.44. The molecule has 0 radical (unpaired) electrons. The number of nitrogens with zero attached hydrogens (tertiary/aromatic N) is 1. The summed E-state index contributed by atoms with van der Waals surface area (Å²) in [7, 11) is 0. The quantitative estimate of drug-likeness (QED) is 0.609. The van der Waals surface area contributed by atoms with Crippen molar-refractivity contribution in [2.24, 2.45) is 0 Å². The Labute approximate surface area is 154 Å². The fraction of sp³-hybridized carbons (Fsp3) is 0.300. The van der Waals surface area contributed by atoms with E-state index in [9.17, 15) is 5.11 Å². The van der Waals surface area contributed by atoms with Crippen LogP contribution in [0, 0.1) is 0 Å². The van der Waals surface area contributed by atoms with Crippen molar-refractivity contribution in [1.82, 2.24) is 4.90 Å². The van der Waals surface area contributed by atoms with Crippen molar-refractivity contribution in [2.75, 3.05) is 19.6 Å². The molecule has 1 N–H and O–H groups in total. The number of aliphatic hydroxyl groups excluding tert-OH is 1. The van der Waals surface area contributed by atoms with Gasteiger partial charge in [0.1, 0.15) is 0 Å². The summed E-state index contributed by atoms with van der Waals surface area (Å²) in [6.07, 6.45) is -0.478. The van der Waals surface area contributed by atoms with Crippen molar-refractivity contribution in [2.45, 2.75) is 20.0 Å². The van der Waals surface area contributed by atoms with Gasteiger partial charge in [-0.05, 0) is 46.9 Å². The van der Waals surface area contributed by atoms with Gasteiger partial charge in [-0.3, -0.25) is 0 Å². The van der Waals surface area contributed by atoms with Crippen LogP contribution < -0.4 is 0 Å². The van der Waals surface area contributed by atoms with Crippen LogP contribution in [0.15, 0.2) is 48.5 Å². The van der Waals surface area contributed by atoms with E-state index in [1.165, 1.54) is 0 Å². The Morgan fingerprint density at radius 3 is 2.29 bits per heavy atom. The minimum absolute atomic E-state index is 0. The highest BCUT2D eigenvalue weighted by atomic mass is 35.5. The van der Waals surface area contributed by atoms with Gasteiger partial charge in [0, 0.05) is 17.0 Å². The van der Waals surface area contributed by atoms with Gasteiger partial charge in [-0.2, -0.15) is 0 Å². The van der Waals surface area contributed by atoms with Gasteiger partial charge < -0.3 is 10.0 Å². The van der Waals surface area contributed by atoms with Crippen LogP contribution in [0.4, 0.5) is 0 Å². The molecule has 0 aliphatic carbocycles. The zero-order valence-electron chi connectivity index (χ0n) is 14.0. The third-order valence-corrected chi connectivity index (χ3v) is 4.86. The van der Waals surface area contributed by atoms with E-state index in [0.29, 0.717) is 6.54 Å². The molecule has 0 heterocycles. The van der Waals surface area contributed by atoms with Crippen molar-refractivity contribution in [3.63, 3.8) is 0 Å². The first-order valence-electron chi connectivity index (χ1n) is 8.15. The molecule has 24 heavy (non-hydrogen) atoms. The molecule has 128 valence electrons. The summed E-state index contributed by atoms with van der Waals surface area (Å²) in [6, 6.07) is 16.3. The van der Waals surface area contributed by atoms with Crippen LogP contribution in [0.2, 0.25) is 5.02 Å². The molecule has 1 atom stereocenters. The van der Waals surface area contributed by atoms with Crippen LogP contribution >= 0.6 is 24.0 Å². The minimum atomic E-state index is -0.478. The summed E-state index contributed by atoms with van der Waals surface area (Å²) in [5.41, 5.74) is 0.955. The SMILES string of the molecule is CCN(CC)CC(O)c1ccc2cc(Cl)c3ccccc3c2c1.Cl. The average Bonchev–Trinajstić information content (AvgIpc) is 2.59. The predicted molar refractivity (Wildman–Crippen MR) is 106 cm³/mol. The number of hydrogen-bond acceptors (Lipinski definition) is 2. The third-order valence-electron chi connectivity index (χ3n) is 4.54. The number of aliphatic hydroxyl groups is 1. The summed E-state index contributed by atoms with van der Waals surface area (Å²) in [5.74, 6) is 0. The first-order valence-corrected chi connectivity index (χ1v) is 8.53. The fourth-order valence-corrected chi connectivity index (χ4v) is 3.39. The van der Waals surface area contributed by atoms with Crippen molar-refractivity contribution in [1.29, 1.82) is 0 Å². The largest absolute Gasteiger partial charge is 0.387 e. The van der Waals surface area contributed by atoms with Crippen molar-refractivity contribution in [3.8, 4) is 0 Å². The van der Waals surface area contributed by atoms with Crippen LogP contribution in [-0.4, -0.2) is 29.6 Å². The standard InChI is InChI=1S/C20H22ClNO.ClH/c1-3-22(4-2)13-20(23)15-10-9-14-12-19(21)17-8-6-5-7-16(17)18(14)11-15;/h5-12,20,23H,3-4,13H2,1-2H3;1H. The molecule has 0 bridgehead atoms. The monoisotopic (exact) mass is 363 g/mol. The molecule has 0 aliphatic rings. The molecule has 0 saturated carbocycles. The first-order chi connectivity index (χ1) is 11.1. The molecule has 0 fully saturated rings. The highest BCUT2D eigenvalue weighted by Gasteiger charge is 2.13. The average molecular weight is 364 g/mol. The molecular weight excluding hydrogens is 341 g/mol. The summed E-state index contributed by atoms with van der Waals surface area (Å²) >= 11 is 6.39. The number of halogens is 2. The van der Waals surface area contributed by atoms with E-state index in [1.807, 2.05) is 30.3 Å². The van der Waals surface area contributed by atoms with Crippen LogP contribution in [0.5, 0.6) is 0 Å². The van der Waals surface area contributed by atoms with E-state index in [1.54, 1.807) is 0 Å². The van der Waals surface area contributed by atoms with Gasteiger partial charge in [0.15, 0.2) is 0 Å². The van der Waals surface area contributed by atoms with E-state index < -0.39 is 6.10 Å². The fourth-order valence-electron chi connectivity index (χ4n) is 3.11. The Balaban J connectivity index is 0.00000208. The highest BCUT2D eigenvalue weighted by Crippen LogP contribution is 2.33. The maximum atomic E-state index is 10.6. The molecule has 3 rings (SSSR count). The van der Waals surface area contributed by atoms with E-state index in [-0.39, 0.29) is 12.4 Å². The maximum absolute atomic E-state index is 10.6. The normalized spacial score (nSPS) is 12.5. The molecule has 1 unspecified atom stereocenters. The summed E-state index contributed by atoms with van der Waals surface area (Å²) in [6.45, 7) is 6.78. The number of rotatable bonds is 5. The Bertz CT molecular complexity index is 830. The molecule has 0 spiro atoms. The van der Waals surface area contributed by atoms with Crippen LogP contribution in [0.1, 0.15) is 25.5 Å². The number of hydrogen-bond donors (Lipinski definition) is 1. The zero-order chi connectivity index (χ0) is 16.4. The van der Waals surface area contributed by atoms with Gasteiger partial charge in [-0.25, -0.2) is 0 Å². The van der Waals surface area contributed by atoms with E-state index >= 15 is 0 Å². The Hall–Kier alpha value is -1.32. The summed E-state index contributed by atoms with van der Waals surface area (Å²) in [5, 5.41) is 15.8. The Morgan fingerprint density at radius 1 is 0.958 bits per heavy atom. The second-order valence-electron chi connectivity index (χ2n) is 5.89. The molecular formula is C20H23Cl2NO. The molecule has 3 aromatic carbocycles. The molecule has 0 aromatic heterocycles. The van der Waals surface area contributed by atoms with Gasteiger partial charge in [-0.15, -0.1) is 12.4 Å². The van der Waals surface area contributed by atoms with Crippen molar-refractivity contribution < 1.29 is 5.11 Å². The molecule has 0 saturated heterocycles. The van der Waals surface area contributed by atoms with E-state index in [4.69, 9.17) is 11.6 Å². The summed E-state index contributed by atoms with van der Waals surface area (Å²) < 4.78 is 0. The lowest BCUT2D eigenvalue weighted by Crippen LogP contribution is -2.28. The first kappa shape index (κ1) is 19.0. The molecule has 0 aliphatic heterocycles. The molecule has 4 heteroatoms. The smallest absolute Gasteiger partial charge is 0.0917 e. The topological polar surface area (TPSA) is 23.5 Å². The lowest BCUT2D eigenvalue weighted by atomic mass is 9.98. The second-order valence-corrected chi connectivity index (χ2v) is 6.29. The van der Waals surface area contributed by atoms with E-state index in [0.717, 1.165) is 45.2 Å². The third kappa shape index (κ3) is 3.68. The highest BCUT2D eigenvalue weighted by molar-refractivity contribution is 6.37. The molecule has 0 amide bonds. The maximum Gasteiger partial charge on any atom is 0.0917 e. The molecule has 3 aromatic rings. The minimum Gasteiger partial charge on any atom is -0.387 e. The Kier molecular flexibility index (Phi) is 6.47. The van der Waals surface area contributed by atoms with Crippen LogP contribution in [-0.2, 0) is 0 Å².